The summed E-state index contributed by atoms with van der Waals surface area (Å²) in [5.41, 5.74) is 3.83. The third-order valence-corrected chi connectivity index (χ3v) is 4.78. The summed E-state index contributed by atoms with van der Waals surface area (Å²) in [6.07, 6.45) is 1.72. The lowest BCUT2D eigenvalue weighted by Crippen LogP contribution is -2.17. The number of nitrogens with one attached hydrogen (secondary N) is 1. The molecule has 0 saturated carbocycles. The molecule has 1 aliphatic rings. The van der Waals surface area contributed by atoms with E-state index in [1.807, 2.05) is 50.2 Å². The molecule has 128 valence electrons. The van der Waals surface area contributed by atoms with Crippen LogP contribution in [0, 0.1) is 13.8 Å². The van der Waals surface area contributed by atoms with Crippen LogP contribution in [-0.4, -0.2) is 11.1 Å². The minimum Gasteiger partial charge on any atom is -0.488 e. The molecule has 3 rings (SSSR count). The Kier molecular flexibility index (Phi) is 5.16. The second-order valence-corrected chi connectivity index (χ2v) is 7.20. The molecule has 4 nitrogen and oxygen atoms in total. The molecule has 25 heavy (non-hydrogen) atoms. The topological polar surface area (TPSA) is 55.4 Å². The minimum atomic E-state index is -0.353. The number of aryl methyl sites for hydroxylation is 2. The molecule has 0 aliphatic carbocycles. The smallest absolute Gasteiger partial charge is 0.290 e. The van der Waals surface area contributed by atoms with E-state index in [1.54, 1.807) is 6.08 Å². The predicted molar refractivity (Wildman–Crippen MR) is 101 cm³/mol. The highest BCUT2D eigenvalue weighted by molar-refractivity contribution is 8.18. The van der Waals surface area contributed by atoms with Crippen molar-refractivity contribution in [1.82, 2.24) is 5.32 Å². The number of amides is 2. The third-order valence-electron chi connectivity index (χ3n) is 3.72. The first kappa shape index (κ1) is 17.6. The number of benzene rings is 2. The van der Waals surface area contributed by atoms with Gasteiger partial charge in [-0.2, -0.15) is 0 Å². The highest BCUT2D eigenvalue weighted by Gasteiger charge is 2.25. The molecule has 1 N–H and O–H groups in total. The molecule has 0 atom stereocenters. The van der Waals surface area contributed by atoms with Gasteiger partial charge in [-0.25, -0.2) is 0 Å². The summed E-state index contributed by atoms with van der Waals surface area (Å²) in [5.74, 6) is 0.463. The molecular weight excluding hydrogens is 358 g/mol. The van der Waals surface area contributed by atoms with Gasteiger partial charge in [0.05, 0.1) is 4.91 Å². The molecule has 1 saturated heterocycles. The van der Waals surface area contributed by atoms with Crippen LogP contribution < -0.4 is 10.1 Å². The van der Waals surface area contributed by atoms with Gasteiger partial charge in [-0.05, 0) is 78.2 Å². The molecule has 0 radical (unpaired) electrons. The van der Waals surface area contributed by atoms with Gasteiger partial charge in [0.15, 0.2) is 0 Å². The number of thioether (sulfide) groups is 1. The van der Waals surface area contributed by atoms with Crippen molar-refractivity contribution in [2.75, 3.05) is 0 Å². The first-order valence-electron chi connectivity index (χ1n) is 7.66. The van der Waals surface area contributed by atoms with Gasteiger partial charge in [-0.3, -0.25) is 14.9 Å². The van der Waals surface area contributed by atoms with Crippen molar-refractivity contribution in [1.29, 1.82) is 0 Å². The summed E-state index contributed by atoms with van der Waals surface area (Å²) in [6, 6.07) is 11.4. The molecule has 0 aromatic heterocycles. The monoisotopic (exact) mass is 373 g/mol. The van der Waals surface area contributed by atoms with E-state index in [0.717, 1.165) is 39.8 Å². The largest absolute Gasteiger partial charge is 0.488 e. The summed E-state index contributed by atoms with van der Waals surface area (Å²) in [5, 5.41) is 2.61. The van der Waals surface area contributed by atoms with E-state index in [0.29, 0.717) is 16.5 Å². The third kappa shape index (κ3) is 4.24. The highest BCUT2D eigenvalue weighted by Crippen LogP contribution is 2.30. The lowest BCUT2D eigenvalue weighted by molar-refractivity contribution is -0.115. The van der Waals surface area contributed by atoms with Crippen LogP contribution in [0.1, 0.15) is 22.3 Å². The standard InChI is InChI=1S/C19H16ClNO3S/c1-11-7-14(9-16-18(22)21-19(23)25-16)8-12(2)17(11)24-10-13-3-5-15(20)6-4-13/h3-9H,10H2,1-2H3,(H,21,22,23)/b16-9+. The Balaban J connectivity index is 1.78. The van der Waals surface area contributed by atoms with Crippen LogP contribution in [0.3, 0.4) is 0 Å². The quantitative estimate of drug-likeness (QED) is 0.777. The molecule has 0 spiro atoms. The molecular formula is C19H16ClNO3S. The van der Waals surface area contributed by atoms with Crippen molar-refractivity contribution in [2.24, 2.45) is 0 Å². The first-order valence-corrected chi connectivity index (χ1v) is 8.85. The molecule has 2 amide bonds. The zero-order chi connectivity index (χ0) is 18.0. The molecule has 1 fully saturated rings. The normalized spacial score (nSPS) is 15.6. The number of carbonyl (C=O) groups is 2. The van der Waals surface area contributed by atoms with Crippen LogP contribution in [0.25, 0.3) is 6.08 Å². The lowest BCUT2D eigenvalue weighted by atomic mass is 10.0. The number of imide groups is 1. The fraction of sp³-hybridized carbons (Fsp3) is 0.158. The van der Waals surface area contributed by atoms with Gasteiger partial charge in [0, 0.05) is 5.02 Å². The van der Waals surface area contributed by atoms with Gasteiger partial charge in [0.25, 0.3) is 11.1 Å². The maximum absolute atomic E-state index is 11.7. The maximum Gasteiger partial charge on any atom is 0.290 e. The molecule has 6 heteroatoms. The van der Waals surface area contributed by atoms with Crippen LogP contribution >= 0.6 is 23.4 Å². The summed E-state index contributed by atoms with van der Waals surface area (Å²) in [7, 11) is 0. The zero-order valence-corrected chi connectivity index (χ0v) is 15.3. The number of rotatable bonds is 4. The average molecular weight is 374 g/mol. The molecule has 0 unspecified atom stereocenters. The zero-order valence-electron chi connectivity index (χ0n) is 13.8. The van der Waals surface area contributed by atoms with Gasteiger partial charge >= 0.3 is 0 Å². The lowest BCUT2D eigenvalue weighted by Gasteiger charge is -2.13. The fourth-order valence-electron chi connectivity index (χ4n) is 2.60. The van der Waals surface area contributed by atoms with Crippen LogP contribution in [0.4, 0.5) is 4.79 Å². The summed E-state index contributed by atoms with van der Waals surface area (Å²) < 4.78 is 5.95. The van der Waals surface area contributed by atoms with Gasteiger partial charge in [-0.1, -0.05) is 23.7 Å². The minimum absolute atomic E-state index is 0.340. The average Bonchev–Trinajstić information content (AvgIpc) is 2.86. The Hall–Kier alpha value is -2.24. The van der Waals surface area contributed by atoms with Gasteiger partial charge in [-0.15, -0.1) is 0 Å². The molecule has 0 bridgehead atoms. The van der Waals surface area contributed by atoms with E-state index >= 15 is 0 Å². The van der Waals surface area contributed by atoms with Crippen molar-refractivity contribution in [3.8, 4) is 5.75 Å². The van der Waals surface area contributed by atoms with Crippen molar-refractivity contribution in [3.05, 3.63) is 68.6 Å². The highest BCUT2D eigenvalue weighted by atomic mass is 35.5. The van der Waals surface area contributed by atoms with E-state index in [1.165, 1.54) is 0 Å². The molecule has 1 heterocycles. The van der Waals surface area contributed by atoms with E-state index in [2.05, 4.69) is 5.32 Å². The van der Waals surface area contributed by atoms with Crippen molar-refractivity contribution < 1.29 is 14.3 Å². The Morgan fingerprint density at radius 1 is 1.12 bits per heavy atom. The second kappa shape index (κ2) is 7.33. The van der Waals surface area contributed by atoms with Crippen molar-refractivity contribution in [2.45, 2.75) is 20.5 Å². The Bertz CT molecular complexity index is 852. The van der Waals surface area contributed by atoms with Crippen LogP contribution in [0.5, 0.6) is 5.75 Å². The van der Waals surface area contributed by atoms with Gasteiger partial charge < -0.3 is 4.74 Å². The van der Waals surface area contributed by atoms with Crippen LogP contribution in [-0.2, 0) is 11.4 Å². The van der Waals surface area contributed by atoms with Crippen molar-refractivity contribution in [3.63, 3.8) is 0 Å². The van der Waals surface area contributed by atoms with E-state index in [4.69, 9.17) is 16.3 Å². The van der Waals surface area contributed by atoms with Gasteiger partial charge in [0.1, 0.15) is 12.4 Å². The number of hydrogen-bond donors (Lipinski definition) is 1. The molecule has 1 aliphatic heterocycles. The molecule has 2 aromatic carbocycles. The van der Waals surface area contributed by atoms with Crippen LogP contribution in [0.15, 0.2) is 41.3 Å². The van der Waals surface area contributed by atoms with E-state index < -0.39 is 0 Å². The Morgan fingerprint density at radius 3 is 2.32 bits per heavy atom. The maximum atomic E-state index is 11.7. The van der Waals surface area contributed by atoms with Crippen LogP contribution in [0.2, 0.25) is 5.02 Å². The first-order chi connectivity index (χ1) is 11.9. The van der Waals surface area contributed by atoms with E-state index in [-0.39, 0.29) is 11.1 Å². The number of carbonyl (C=O) groups excluding carboxylic acids is 2. The summed E-state index contributed by atoms with van der Waals surface area (Å²) in [6.45, 7) is 4.37. The SMILES string of the molecule is Cc1cc(/C=C2/SC(=O)NC2=O)cc(C)c1OCc1ccc(Cl)cc1. The summed E-state index contributed by atoms with van der Waals surface area (Å²) in [4.78, 5) is 23.3. The number of ether oxygens (including phenoxy) is 1. The number of hydrogen-bond acceptors (Lipinski definition) is 4. The summed E-state index contributed by atoms with van der Waals surface area (Å²) >= 11 is 6.80. The predicted octanol–water partition coefficient (Wildman–Crippen LogP) is 4.86. The molecule has 2 aromatic rings. The second-order valence-electron chi connectivity index (χ2n) is 5.75. The number of halogens is 1. The van der Waals surface area contributed by atoms with Gasteiger partial charge in [0.2, 0.25) is 0 Å². The van der Waals surface area contributed by atoms with E-state index in [9.17, 15) is 9.59 Å². The van der Waals surface area contributed by atoms with Crippen molar-refractivity contribution >= 4 is 40.6 Å². The Labute approximate surface area is 155 Å². The Morgan fingerprint density at radius 2 is 1.76 bits per heavy atom. The fourth-order valence-corrected chi connectivity index (χ4v) is 3.41.